The summed E-state index contributed by atoms with van der Waals surface area (Å²) in [7, 11) is 3.31. The summed E-state index contributed by atoms with van der Waals surface area (Å²) in [6, 6.07) is 7.53. The number of carbonyl (C=O) groups excluding carboxylic acids is 2. The van der Waals surface area contributed by atoms with Gasteiger partial charge in [-0.05, 0) is 13.0 Å². The van der Waals surface area contributed by atoms with Crippen LogP contribution in [0.2, 0.25) is 0 Å². The van der Waals surface area contributed by atoms with E-state index in [0.717, 1.165) is 11.3 Å². The van der Waals surface area contributed by atoms with Crippen molar-refractivity contribution >= 4 is 17.7 Å². The van der Waals surface area contributed by atoms with Gasteiger partial charge in [0.2, 0.25) is 11.7 Å². The van der Waals surface area contributed by atoms with Crippen molar-refractivity contribution in [3.8, 4) is 5.75 Å². The highest BCUT2D eigenvalue weighted by molar-refractivity contribution is 5.96. The third-order valence-corrected chi connectivity index (χ3v) is 4.17. The number of anilines is 1. The van der Waals surface area contributed by atoms with Crippen molar-refractivity contribution < 1.29 is 19.1 Å². The number of nitrogens with one attached hydrogen (secondary N) is 1. The lowest BCUT2D eigenvalue weighted by Crippen LogP contribution is -2.22. The first-order chi connectivity index (χ1) is 12.5. The fourth-order valence-electron chi connectivity index (χ4n) is 2.77. The van der Waals surface area contributed by atoms with Crippen LogP contribution >= 0.6 is 0 Å². The molecule has 1 aromatic carbocycles. The summed E-state index contributed by atoms with van der Waals surface area (Å²) in [4.78, 5) is 30.3. The lowest BCUT2D eigenvalue weighted by Gasteiger charge is -2.09. The molecule has 1 aromatic heterocycles. The first-order valence-corrected chi connectivity index (χ1v) is 8.40. The third kappa shape index (κ3) is 3.85. The lowest BCUT2D eigenvalue weighted by atomic mass is 10.2. The number of aromatic nitrogens is 2. The van der Waals surface area contributed by atoms with Crippen LogP contribution in [0.25, 0.3) is 0 Å². The van der Waals surface area contributed by atoms with Crippen LogP contribution in [0.4, 0.5) is 5.82 Å². The van der Waals surface area contributed by atoms with Crippen LogP contribution in [0.3, 0.4) is 0 Å². The van der Waals surface area contributed by atoms with Crippen molar-refractivity contribution in [1.29, 1.82) is 0 Å². The van der Waals surface area contributed by atoms with E-state index in [-0.39, 0.29) is 24.4 Å². The molecule has 2 aromatic rings. The number of esters is 1. The minimum Gasteiger partial charge on any atom is -0.496 e. The first-order valence-electron chi connectivity index (χ1n) is 8.40. The largest absolute Gasteiger partial charge is 0.496 e. The zero-order valence-electron chi connectivity index (χ0n) is 15.1. The predicted molar refractivity (Wildman–Crippen MR) is 95.0 cm³/mol. The van der Waals surface area contributed by atoms with Gasteiger partial charge >= 0.3 is 5.97 Å². The molecule has 1 fully saturated rings. The average Bonchev–Trinajstić information content (AvgIpc) is 3.30. The Morgan fingerprint density at radius 3 is 2.85 bits per heavy atom. The Labute approximate surface area is 151 Å². The molecular formula is C18H22N4O4. The highest BCUT2D eigenvalue weighted by Gasteiger charge is 2.40. The fraction of sp³-hybridized carbons (Fsp3) is 0.389. The van der Waals surface area contributed by atoms with Gasteiger partial charge in [-0.1, -0.05) is 18.2 Å². The fourth-order valence-corrected chi connectivity index (χ4v) is 2.77. The van der Waals surface area contributed by atoms with Gasteiger partial charge in [-0.3, -0.25) is 9.69 Å². The molecule has 8 nitrogen and oxygen atoms in total. The van der Waals surface area contributed by atoms with E-state index in [1.807, 2.05) is 29.2 Å². The van der Waals surface area contributed by atoms with E-state index < -0.39 is 5.97 Å². The Hall–Kier alpha value is -2.87. The van der Waals surface area contributed by atoms with Crippen LogP contribution in [0.15, 0.2) is 30.5 Å². The summed E-state index contributed by atoms with van der Waals surface area (Å²) < 4.78 is 11.8. The Bertz CT molecular complexity index is 817. The average molecular weight is 358 g/mol. The van der Waals surface area contributed by atoms with E-state index >= 15 is 0 Å². The maximum atomic E-state index is 12.4. The maximum Gasteiger partial charge on any atom is 0.374 e. The predicted octanol–water partition coefficient (Wildman–Crippen LogP) is 1.43. The van der Waals surface area contributed by atoms with Crippen LogP contribution < -0.4 is 10.1 Å². The number of aryl methyl sites for hydroxylation is 1. The Balaban J connectivity index is 1.58. The molecule has 1 saturated heterocycles. The zero-order chi connectivity index (χ0) is 18.7. The molecule has 1 amide bonds. The molecule has 138 valence electrons. The molecule has 1 aliphatic rings. The molecular weight excluding hydrogens is 336 g/mol. The molecule has 0 radical (unpaired) electrons. The quantitative estimate of drug-likeness (QED) is 0.595. The van der Waals surface area contributed by atoms with Gasteiger partial charge in [0, 0.05) is 31.9 Å². The Kier molecular flexibility index (Phi) is 5.22. The van der Waals surface area contributed by atoms with Crippen molar-refractivity contribution in [2.24, 2.45) is 7.05 Å². The minimum atomic E-state index is -0.514. The van der Waals surface area contributed by atoms with Gasteiger partial charge in [0.25, 0.3) is 0 Å². The second kappa shape index (κ2) is 7.57. The van der Waals surface area contributed by atoms with Crippen molar-refractivity contribution in [3.05, 3.63) is 41.9 Å². The highest BCUT2D eigenvalue weighted by Crippen LogP contribution is 2.27. The van der Waals surface area contributed by atoms with Crippen molar-refractivity contribution in [3.63, 3.8) is 0 Å². The zero-order valence-corrected chi connectivity index (χ0v) is 15.1. The summed E-state index contributed by atoms with van der Waals surface area (Å²) in [6.07, 6.45) is 1.59. The number of hydrogen-bond acceptors (Lipinski definition) is 6. The maximum absolute atomic E-state index is 12.4. The molecule has 0 spiro atoms. The Morgan fingerprint density at radius 2 is 2.12 bits per heavy atom. The molecule has 0 saturated carbocycles. The van der Waals surface area contributed by atoms with Crippen LogP contribution in [-0.4, -0.2) is 52.6 Å². The van der Waals surface area contributed by atoms with Gasteiger partial charge in [-0.25, -0.2) is 9.78 Å². The van der Waals surface area contributed by atoms with E-state index in [0.29, 0.717) is 18.9 Å². The lowest BCUT2D eigenvalue weighted by molar-refractivity contribution is -0.116. The second-order valence-electron chi connectivity index (χ2n) is 6.03. The van der Waals surface area contributed by atoms with E-state index in [4.69, 9.17) is 9.47 Å². The van der Waals surface area contributed by atoms with Crippen molar-refractivity contribution in [1.82, 2.24) is 14.5 Å². The summed E-state index contributed by atoms with van der Waals surface area (Å²) in [6.45, 7) is 3.31. The van der Waals surface area contributed by atoms with Gasteiger partial charge in [0.15, 0.2) is 5.82 Å². The Morgan fingerprint density at radius 1 is 1.35 bits per heavy atom. The molecule has 1 aliphatic heterocycles. The van der Waals surface area contributed by atoms with Crippen LogP contribution in [0.1, 0.15) is 23.1 Å². The third-order valence-electron chi connectivity index (χ3n) is 4.17. The second-order valence-corrected chi connectivity index (χ2v) is 6.03. The number of methoxy groups -OCH3 is 1. The number of ether oxygens (including phenoxy) is 2. The van der Waals surface area contributed by atoms with E-state index in [1.54, 1.807) is 27.3 Å². The van der Waals surface area contributed by atoms with Gasteiger partial charge in [-0.15, -0.1) is 0 Å². The number of nitrogens with zero attached hydrogens (tertiary/aromatic N) is 3. The van der Waals surface area contributed by atoms with Gasteiger partial charge in [0.1, 0.15) is 11.8 Å². The molecule has 8 heteroatoms. The number of para-hydroxylation sites is 1. The molecule has 2 atom stereocenters. The number of amides is 1. The minimum absolute atomic E-state index is 0.145. The molecule has 2 heterocycles. The van der Waals surface area contributed by atoms with Crippen LogP contribution in [-0.2, 0) is 23.1 Å². The van der Waals surface area contributed by atoms with Gasteiger partial charge < -0.3 is 19.4 Å². The van der Waals surface area contributed by atoms with E-state index in [9.17, 15) is 9.59 Å². The van der Waals surface area contributed by atoms with E-state index in [1.165, 1.54) is 4.57 Å². The summed E-state index contributed by atoms with van der Waals surface area (Å²) in [5, 5.41) is 2.75. The topological polar surface area (TPSA) is 85.5 Å². The molecule has 3 rings (SSSR count). The normalized spacial score (nSPS) is 18.3. The highest BCUT2D eigenvalue weighted by atomic mass is 16.5. The number of rotatable bonds is 7. The summed E-state index contributed by atoms with van der Waals surface area (Å²) in [5.41, 5.74) is 1.03. The smallest absolute Gasteiger partial charge is 0.374 e. The number of hydrogen-bond donors (Lipinski definition) is 1. The number of carbonyl (C=O) groups is 2. The summed E-state index contributed by atoms with van der Waals surface area (Å²) in [5.74, 6) is 0.643. The van der Waals surface area contributed by atoms with Crippen LogP contribution in [0, 0.1) is 0 Å². The van der Waals surface area contributed by atoms with E-state index in [2.05, 4.69) is 10.3 Å². The van der Waals surface area contributed by atoms with Gasteiger partial charge in [-0.2, -0.15) is 0 Å². The molecule has 1 N–H and O–H groups in total. The molecule has 0 aliphatic carbocycles. The number of benzene rings is 1. The van der Waals surface area contributed by atoms with Gasteiger partial charge in [0.05, 0.1) is 13.7 Å². The number of imidazole rings is 1. The SMILES string of the molecule is CCOC(=O)c1nc(NC(=O)C2CN2Cc2ccccc2OC)cn1C. The summed E-state index contributed by atoms with van der Waals surface area (Å²) >= 11 is 0. The first kappa shape index (κ1) is 17.9. The van der Waals surface area contributed by atoms with Crippen LogP contribution in [0.5, 0.6) is 5.75 Å². The van der Waals surface area contributed by atoms with Crippen molar-refractivity contribution in [2.75, 3.05) is 25.6 Å². The molecule has 0 bridgehead atoms. The monoisotopic (exact) mass is 358 g/mol. The standard InChI is InChI=1S/C18H22N4O4/c1-4-26-18(24)16-19-15(11-21(16)2)20-17(23)13-10-22(13)9-12-7-5-6-8-14(12)25-3/h5-8,11,13H,4,9-10H2,1-3H3,(H,20,23). The molecule has 2 unspecified atom stereocenters. The van der Waals surface area contributed by atoms with Crippen molar-refractivity contribution in [2.45, 2.75) is 19.5 Å². The molecule has 26 heavy (non-hydrogen) atoms.